The molecule has 0 saturated carbocycles. The largest absolute Gasteiger partial charge is 0.453 e. The van der Waals surface area contributed by atoms with Crippen LogP contribution in [-0.2, 0) is 0 Å². The van der Waals surface area contributed by atoms with E-state index in [0.29, 0.717) is 11.8 Å². The summed E-state index contributed by atoms with van der Waals surface area (Å²) in [4.78, 5) is 5.03. The number of aryl methyl sites for hydroxylation is 4. The van der Waals surface area contributed by atoms with Crippen molar-refractivity contribution in [3.63, 3.8) is 0 Å². The summed E-state index contributed by atoms with van der Waals surface area (Å²) in [6.07, 6.45) is 0. The lowest BCUT2D eigenvalue weighted by atomic mass is 9.84. The lowest BCUT2D eigenvalue weighted by Gasteiger charge is -2.32. The third-order valence-corrected chi connectivity index (χ3v) is 18.1. The number of furan rings is 2. The van der Waals surface area contributed by atoms with E-state index in [1.165, 1.54) is 88.0 Å². The summed E-state index contributed by atoms with van der Waals surface area (Å²) < 4.78 is 14.8. The van der Waals surface area contributed by atoms with Gasteiger partial charge in [-0.15, -0.1) is 0 Å². The van der Waals surface area contributed by atoms with Crippen LogP contribution in [0.15, 0.2) is 203 Å². The van der Waals surface area contributed by atoms with E-state index in [4.69, 9.17) is 8.83 Å². The number of anilines is 6. The molecule has 12 aromatic carbocycles. The summed E-state index contributed by atoms with van der Waals surface area (Å²) in [5.41, 5.74) is 24.7. The smallest absolute Gasteiger partial charge is 0.159 e. The van der Waals surface area contributed by atoms with Gasteiger partial charge in [0.15, 0.2) is 11.2 Å². The van der Waals surface area contributed by atoms with Crippen molar-refractivity contribution in [2.45, 2.75) is 107 Å². The van der Waals surface area contributed by atoms with Crippen molar-refractivity contribution in [3.8, 4) is 22.3 Å². The Kier molecular flexibility index (Phi) is 12.8. The Morgan fingerprint density at radius 3 is 0.988 bits per heavy atom. The normalized spacial score (nSPS) is 12.2. The van der Waals surface area contributed by atoms with Crippen molar-refractivity contribution in [1.29, 1.82) is 0 Å². The van der Waals surface area contributed by atoms with E-state index in [2.05, 4.69) is 287 Å². The van der Waals surface area contributed by atoms with Gasteiger partial charge in [-0.3, -0.25) is 0 Å². The highest BCUT2D eigenvalue weighted by Gasteiger charge is 2.30. The highest BCUT2D eigenvalue weighted by atomic mass is 16.3. The molecule has 0 saturated heterocycles. The van der Waals surface area contributed by atoms with Crippen molar-refractivity contribution < 1.29 is 8.83 Å². The Morgan fingerprint density at radius 2 is 0.607 bits per heavy atom. The Balaban J connectivity index is 1.07. The van der Waals surface area contributed by atoms with Crippen LogP contribution >= 0.6 is 0 Å². The van der Waals surface area contributed by atoms with Crippen LogP contribution in [-0.4, -0.2) is 0 Å². The summed E-state index contributed by atoms with van der Waals surface area (Å²) in [7, 11) is 0. The van der Waals surface area contributed by atoms with Crippen molar-refractivity contribution in [2.75, 3.05) is 9.80 Å². The van der Waals surface area contributed by atoms with E-state index in [-0.39, 0.29) is 11.8 Å². The fourth-order valence-corrected chi connectivity index (χ4v) is 14.1. The maximum Gasteiger partial charge on any atom is 0.159 e. The maximum atomic E-state index is 7.42. The predicted octanol–water partition coefficient (Wildman–Crippen LogP) is 24.4. The molecule has 0 atom stereocenters. The zero-order chi connectivity index (χ0) is 58.0. The molecule has 4 nitrogen and oxygen atoms in total. The maximum absolute atomic E-state index is 7.42. The summed E-state index contributed by atoms with van der Waals surface area (Å²) in [6.45, 7) is 27.4. The van der Waals surface area contributed by atoms with Crippen LogP contribution in [0, 0.1) is 27.7 Å². The third kappa shape index (κ3) is 8.31. The van der Waals surface area contributed by atoms with E-state index < -0.39 is 0 Å². The van der Waals surface area contributed by atoms with Crippen molar-refractivity contribution >= 4 is 110 Å². The first-order valence-electron chi connectivity index (χ1n) is 30.3. The van der Waals surface area contributed by atoms with E-state index >= 15 is 0 Å². The lowest BCUT2D eigenvalue weighted by Crippen LogP contribution is -2.14. The van der Waals surface area contributed by atoms with Gasteiger partial charge >= 0.3 is 0 Å². The minimum atomic E-state index is 0.207. The van der Waals surface area contributed by atoms with Gasteiger partial charge in [0, 0.05) is 54.8 Å². The molecule has 0 bridgehead atoms. The van der Waals surface area contributed by atoms with Crippen molar-refractivity contribution in [2.24, 2.45) is 0 Å². The molecule has 0 aliphatic heterocycles. The molecule has 414 valence electrons. The van der Waals surface area contributed by atoms with Crippen LogP contribution in [0.5, 0.6) is 0 Å². The number of para-hydroxylation sites is 4. The van der Waals surface area contributed by atoms with Crippen LogP contribution in [0.4, 0.5) is 34.1 Å². The Morgan fingerprint density at radius 1 is 0.262 bits per heavy atom. The predicted molar refractivity (Wildman–Crippen MR) is 360 cm³/mol. The average molecular weight is 1090 g/mol. The first-order chi connectivity index (χ1) is 40.7. The topological polar surface area (TPSA) is 32.8 Å². The number of hydrogen-bond donors (Lipinski definition) is 0. The highest BCUT2D eigenvalue weighted by molar-refractivity contribution is 6.30. The first kappa shape index (κ1) is 52.9. The number of fused-ring (bicyclic) bond motifs is 6. The SMILES string of the molecule is Cc1ccc(N(c2cc(C(C)C)c3ccc4c(N(c5ccc(C)cc5C)c5cccc6c5oc5c(-c7ccccc7C(C)C)cccc56)cc(C(C)C)c5ccc2c3c54)c2cccc3c2oc2c(-c4ccccc4C(C)C)cccc23)c(C)c1. The molecule has 14 rings (SSSR count). The van der Waals surface area contributed by atoms with Crippen LogP contribution in [0.2, 0.25) is 0 Å². The van der Waals surface area contributed by atoms with E-state index in [1.54, 1.807) is 0 Å². The monoisotopic (exact) mass is 1090 g/mol. The van der Waals surface area contributed by atoms with Gasteiger partial charge < -0.3 is 18.6 Å². The molecule has 0 unspecified atom stereocenters. The second-order valence-electron chi connectivity index (χ2n) is 25.0. The van der Waals surface area contributed by atoms with Gasteiger partial charge in [0.1, 0.15) is 11.2 Å². The van der Waals surface area contributed by atoms with Gasteiger partial charge in [-0.05, 0) is 154 Å². The van der Waals surface area contributed by atoms with Crippen LogP contribution in [0.3, 0.4) is 0 Å². The number of benzene rings is 12. The van der Waals surface area contributed by atoms with Gasteiger partial charge in [0.05, 0.1) is 22.7 Å². The molecule has 0 amide bonds. The van der Waals surface area contributed by atoms with Crippen LogP contribution in [0.1, 0.15) is 124 Å². The number of hydrogen-bond acceptors (Lipinski definition) is 4. The molecule has 0 fully saturated rings. The molecule has 4 heteroatoms. The molecule has 0 N–H and O–H groups in total. The fourth-order valence-electron chi connectivity index (χ4n) is 14.1. The summed E-state index contributed by atoms with van der Waals surface area (Å²) >= 11 is 0. The average Bonchev–Trinajstić information content (AvgIpc) is 1.02. The molecular formula is C80H72N2O2. The van der Waals surface area contributed by atoms with Crippen molar-refractivity contribution in [1.82, 2.24) is 0 Å². The molecule has 2 heterocycles. The summed E-state index contributed by atoms with van der Waals surface area (Å²) in [5, 5.41) is 11.9. The van der Waals surface area contributed by atoms with Gasteiger partial charge in [-0.2, -0.15) is 0 Å². The van der Waals surface area contributed by atoms with Crippen LogP contribution in [0.25, 0.3) is 98.4 Å². The molecule has 84 heavy (non-hydrogen) atoms. The molecule has 0 aliphatic rings. The van der Waals surface area contributed by atoms with Gasteiger partial charge in [0.25, 0.3) is 0 Å². The van der Waals surface area contributed by atoms with Crippen LogP contribution < -0.4 is 9.80 Å². The summed E-state index contributed by atoms with van der Waals surface area (Å²) in [6, 6.07) is 72.7. The molecule has 0 radical (unpaired) electrons. The fraction of sp³-hybridized carbons (Fsp3) is 0.200. The summed E-state index contributed by atoms with van der Waals surface area (Å²) in [5.74, 6) is 1.11. The molecular weight excluding hydrogens is 1020 g/mol. The molecule has 0 spiro atoms. The van der Waals surface area contributed by atoms with E-state index in [0.717, 1.165) is 89.1 Å². The Labute approximate surface area is 493 Å². The lowest BCUT2D eigenvalue weighted by molar-refractivity contribution is 0.669. The zero-order valence-corrected chi connectivity index (χ0v) is 50.5. The Bertz CT molecular complexity index is 4620. The van der Waals surface area contributed by atoms with Gasteiger partial charge in [0.2, 0.25) is 0 Å². The standard InChI is InChI=1S/C80H72N2O2/c1-45(2)53-21-13-15-23-55(53)59-25-17-27-61-63-29-19-31-71(79(63)83-77(59)61)81(69-39-33-49(9)41-51(69)11)73-43-67(47(5)6)57-36-38-66-74(44-68(48(7)8)58-35-37-65(73)75(57)76(58)66)82(70-40-34-50(10)42-52(70)12)72-32-20-30-64-62-28-18-26-60(78(62)84-80(64)72)56-24-16-14-22-54(56)46(3)4/h13-48H,1-12H3. The molecule has 0 aliphatic carbocycles. The quantitative estimate of drug-likeness (QED) is 0.114. The number of rotatable bonds is 12. The van der Waals surface area contributed by atoms with E-state index in [1.807, 2.05) is 0 Å². The van der Waals surface area contributed by atoms with Crippen molar-refractivity contribution in [3.05, 3.63) is 239 Å². The zero-order valence-electron chi connectivity index (χ0n) is 50.5. The first-order valence-corrected chi connectivity index (χ1v) is 30.3. The van der Waals surface area contributed by atoms with E-state index in [9.17, 15) is 0 Å². The second-order valence-corrected chi connectivity index (χ2v) is 25.0. The number of nitrogens with zero attached hydrogens (tertiary/aromatic N) is 2. The minimum Gasteiger partial charge on any atom is -0.453 e. The Hall–Kier alpha value is -9.12. The van der Waals surface area contributed by atoms with Gasteiger partial charge in [-0.1, -0.05) is 224 Å². The third-order valence-electron chi connectivity index (χ3n) is 18.1. The molecule has 14 aromatic rings. The minimum absolute atomic E-state index is 0.207. The second kappa shape index (κ2) is 20.3. The molecule has 2 aromatic heterocycles. The highest BCUT2D eigenvalue weighted by Crippen LogP contribution is 2.54. The van der Waals surface area contributed by atoms with Gasteiger partial charge in [-0.25, -0.2) is 0 Å².